The van der Waals surface area contributed by atoms with E-state index in [0.29, 0.717) is 50.0 Å². The van der Waals surface area contributed by atoms with Gasteiger partial charge in [-0.3, -0.25) is 4.72 Å². The third-order valence-corrected chi connectivity index (χ3v) is 7.85. The highest BCUT2D eigenvalue weighted by Crippen LogP contribution is 2.46. The standard InChI is InChI=1S/C26H25Cl3N2O2S/c27-21-2-1-3-22(28)24(21)25-20(26(33-30-25)17-7-8-17)14-32-19-11-9-16(23(29)13-19)6-4-15-5-10-18(12-15)31-34/h1-4,6,9,11,13,15,17-18,31,34H,5,7-8,10,12,14H2/b6-4+. The molecule has 0 radical (unpaired) electrons. The molecule has 0 aliphatic heterocycles. The van der Waals surface area contributed by atoms with Crippen molar-refractivity contribution in [2.75, 3.05) is 0 Å². The molecule has 2 saturated carbocycles. The first-order valence-electron chi connectivity index (χ1n) is 11.5. The Morgan fingerprint density at radius 1 is 1.06 bits per heavy atom. The smallest absolute Gasteiger partial charge is 0.147 e. The van der Waals surface area contributed by atoms with Gasteiger partial charge in [0.1, 0.15) is 23.8 Å². The molecule has 0 bridgehead atoms. The van der Waals surface area contributed by atoms with Crippen molar-refractivity contribution in [1.29, 1.82) is 0 Å². The molecule has 2 unspecified atom stereocenters. The summed E-state index contributed by atoms with van der Waals surface area (Å²) in [6.45, 7) is 0.290. The van der Waals surface area contributed by atoms with Gasteiger partial charge in [0.15, 0.2) is 0 Å². The Morgan fingerprint density at radius 3 is 2.53 bits per heavy atom. The average molecular weight is 536 g/mol. The fraction of sp³-hybridized carbons (Fsp3) is 0.346. The summed E-state index contributed by atoms with van der Waals surface area (Å²) >= 11 is 23.7. The fourth-order valence-corrected chi connectivity index (χ4v) is 5.53. The molecular formula is C26H25Cl3N2O2S. The van der Waals surface area contributed by atoms with Crippen LogP contribution in [0.25, 0.3) is 17.3 Å². The molecular weight excluding hydrogens is 511 g/mol. The predicted octanol–water partition coefficient (Wildman–Crippen LogP) is 8.37. The van der Waals surface area contributed by atoms with Crippen molar-refractivity contribution in [3.8, 4) is 17.0 Å². The number of benzene rings is 2. The van der Waals surface area contributed by atoms with Crippen molar-refractivity contribution in [3.05, 3.63) is 74.4 Å². The minimum absolute atomic E-state index is 0.290. The van der Waals surface area contributed by atoms with Gasteiger partial charge in [-0.15, -0.1) is 0 Å². The van der Waals surface area contributed by atoms with Crippen molar-refractivity contribution in [3.63, 3.8) is 0 Å². The zero-order valence-electron chi connectivity index (χ0n) is 18.4. The Hall–Kier alpha value is -1.63. The van der Waals surface area contributed by atoms with E-state index in [1.807, 2.05) is 24.3 Å². The lowest BCUT2D eigenvalue weighted by atomic mass is 10.0. The number of hydrogen-bond donors (Lipinski definition) is 2. The van der Waals surface area contributed by atoms with Crippen LogP contribution in [0.4, 0.5) is 0 Å². The highest BCUT2D eigenvalue weighted by atomic mass is 35.5. The summed E-state index contributed by atoms with van der Waals surface area (Å²) in [5, 5.41) is 6.03. The number of nitrogens with one attached hydrogen (secondary N) is 1. The number of allylic oxidation sites excluding steroid dienone is 1. The first-order valence-corrected chi connectivity index (χ1v) is 13.0. The highest BCUT2D eigenvalue weighted by molar-refractivity contribution is 7.78. The van der Waals surface area contributed by atoms with E-state index in [1.165, 1.54) is 0 Å². The van der Waals surface area contributed by atoms with E-state index in [9.17, 15) is 0 Å². The Labute approximate surface area is 220 Å². The third kappa shape index (κ3) is 5.29. The normalized spacial score (nSPS) is 20.4. The number of rotatable bonds is 8. The molecule has 178 valence electrons. The molecule has 1 N–H and O–H groups in total. The Bertz CT molecular complexity index is 1190. The highest BCUT2D eigenvalue weighted by Gasteiger charge is 2.33. The minimum Gasteiger partial charge on any atom is -0.489 e. The first-order chi connectivity index (χ1) is 16.5. The monoisotopic (exact) mass is 534 g/mol. The molecule has 1 heterocycles. The van der Waals surface area contributed by atoms with Crippen molar-refractivity contribution in [2.45, 2.75) is 50.7 Å². The first kappa shape index (κ1) is 24.1. The minimum atomic E-state index is 0.290. The third-order valence-electron chi connectivity index (χ3n) is 6.53. The maximum atomic E-state index is 6.57. The number of hydrogen-bond acceptors (Lipinski definition) is 5. The molecule has 2 aliphatic rings. The lowest BCUT2D eigenvalue weighted by molar-refractivity contribution is 0.300. The van der Waals surface area contributed by atoms with E-state index < -0.39 is 0 Å². The maximum absolute atomic E-state index is 6.57. The lowest BCUT2D eigenvalue weighted by Crippen LogP contribution is -2.15. The Kier molecular flexibility index (Phi) is 7.47. The van der Waals surface area contributed by atoms with Gasteiger partial charge in [0.2, 0.25) is 0 Å². The van der Waals surface area contributed by atoms with E-state index in [-0.39, 0.29) is 6.61 Å². The summed E-state index contributed by atoms with van der Waals surface area (Å²) in [6.07, 6.45) is 9.90. The van der Waals surface area contributed by atoms with Crippen LogP contribution in [0, 0.1) is 5.92 Å². The number of nitrogens with zero attached hydrogens (tertiary/aromatic N) is 1. The quantitative estimate of drug-likeness (QED) is 0.284. The molecule has 3 aromatic rings. The number of thiol groups is 1. The summed E-state index contributed by atoms with van der Waals surface area (Å²) in [7, 11) is 0. The van der Waals surface area contributed by atoms with Gasteiger partial charge in [0.05, 0.1) is 20.6 Å². The molecule has 2 atom stereocenters. The van der Waals surface area contributed by atoms with Gasteiger partial charge < -0.3 is 9.26 Å². The van der Waals surface area contributed by atoms with Crippen LogP contribution in [0.3, 0.4) is 0 Å². The average Bonchev–Trinajstić information content (AvgIpc) is 3.42. The largest absolute Gasteiger partial charge is 0.489 e. The van der Waals surface area contributed by atoms with Crippen molar-refractivity contribution in [1.82, 2.24) is 9.88 Å². The van der Waals surface area contributed by atoms with Crippen molar-refractivity contribution < 1.29 is 9.26 Å². The van der Waals surface area contributed by atoms with Gasteiger partial charge in [-0.1, -0.05) is 71.0 Å². The molecule has 2 aromatic carbocycles. The second kappa shape index (κ2) is 10.5. The van der Waals surface area contributed by atoms with Crippen LogP contribution in [-0.4, -0.2) is 11.2 Å². The molecule has 0 amide bonds. The summed E-state index contributed by atoms with van der Waals surface area (Å²) in [6, 6.07) is 11.7. The maximum Gasteiger partial charge on any atom is 0.147 e. The van der Waals surface area contributed by atoms with E-state index in [2.05, 4.69) is 34.8 Å². The molecule has 2 aliphatic carbocycles. The van der Waals surface area contributed by atoms with Gasteiger partial charge in [-0.2, -0.15) is 0 Å². The Morgan fingerprint density at radius 2 is 1.85 bits per heavy atom. The zero-order valence-corrected chi connectivity index (χ0v) is 21.6. The second-order valence-corrected chi connectivity index (χ2v) is 10.5. The fourth-order valence-electron chi connectivity index (χ4n) is 4.48. The molecule has 4 nitrogen and oxygen atoms in total. The SMILES string of the molecule is SNC1CCC(/C=C/c2ccc(OCc3c(-c4c(Cl)cccc4Cl)noc3C3CC3)cc2Cl)C1. The zero-order chi connectivity index (χ0) is 23.7. The van der Waals surface area contributed by atoms with Crippen LogP contribution < -0.4 is 9.46 Å². The van der Waals surface area contributed by atoms with E-state index in [0.717, 1.165) is 49.0 Å². The van der Waals surface area contributed by atoms with Gasteiger partial charge in [0, 0.05) is 17.5 Å². The summed E-state index contributed by atoms with van der Waals surface area (Å²) in [5.74, 6) is 2.44. The molecule has 0 spiro atoms. The number of aromatic nitrogens is 1. The van der Waals surface area contributed by atoms with Gasteiger partial charge in [0.25, 0.3) is 0 Å². The van der Waals surface area contributed by atoms with Crippen LogP contribution in [0.15, 0.2) is 47.0 Å². The van der Waals surface area contributed by atoms with Crippen LogP contribution >= 0.6 is 47.6 Å². The van der Waals surface area contributed by atoms with Gasteiger partial charge >= 0.3 is 0 Å². The molecule has 0 saturated heterocycles. The van der Waals surface area contributed by atoms with Gasteiger partial charge in [-0.25, -0.2) is 0 Å². The molecule has 34 heavy (non-hydrogen) atoms. The molecule has 2 fully saturated rings. The molecule has 5 rings (SSSR count). The van der Waals surface area contributed by atoms with Crippen molar-refractivity contribution in [2.24, 2.45) is 5.92 Å². The Balaban J connectivity index is 1.33. The summed E-state index contributed by atoms with van der Waals surface area (Å²) in [4.78, 5) is 0. The summed E-state index contributed by atoms with van der Waals surface area (Å²) < 4.78 is 14.9. The molecule has 1 aromatic heterocycles. The lowest BCUT2D eigenvalue weighted by Gasteiger charge is -2.11. The second-order valence-electron chi connectivity index (χ2n) is 8.98. The summed E-state index contributed by atoms with van der Waals surface area (Å²) in [5.41, 5.74) is 3.16. The van der Waals surface area contributed by atoms with E-state index >= 15 is 0 Å². The predicted molar refractivity (Wildman–Crippen MR) is 142 cm³/mol. The van der Waals surface area contributed by atoms with Crippen LogP contribution in [0.5, 0.6) is 5.75 Å². The van der Waals surface area contributed by atoms with Crippen LogP contribution in [0.2, 0.25) is 15.1 Å². The number of ether oxygens (including phenoxy) is 1. The van der Waals surface area contributed by atoms with Crippen LogP contribution in [0.1, 0.15) is 54.9 Å². The van der Waals surface area contributed by atoms with Gasteiger partial charge in [-0.05, 0) is 73.9 Å². The van der Waals surface area contributed by atoms with E-state index in [1.54, 1.807) is 12.1 Å². The van der Waals surface area contributed by atoms with Crippen molar-refractivity contribution >= 4 is 53.7 Å². The van der Waals surface area contributed by atoms with E-state index in [4.69, 9.17) is 44.1 Å². The molecule has 8 heteroatoms. The van der Waals surface area contributed by atoms with Crippen LogP contribution in [-0.2, 0) is 6.61 Å². The number of halogens is 3. The topological polar surface area (TPSA) is 47.3 Å².